The van der Waals surface area contributed by atoms with Crippen LogP contribution in [0.3, 0.4) is 0 Å². The molecule has 0 fully saturated rings. The highest BCUT2D eigenvalue weighted by atomic mass is 32.2. The largest absolute Gasteiger partial charge is 0.392 e. The van der Waals surface area contributed by atoms with Gasteiger partial charge in [-0.25, -0.2) is 0 Å². The average molecular weight is 174 g/mol. The molecule has 2 N–H and O–H groups in total. The summed E-state index contributed by atoms with van der Waals surface area (Å²) in [6.07, 6.45) is 0.630. The van der Waals surface area contributed by atoms with E-state index in [4.69, 9.17) is 0 Å². The van der Waals surface area contributed by atoms with Crippen molar-refractivity contribution in [3.05, 3.63) is 0 Å². The van der Waals surface area contributed by atoms with E-state index in [2.05, 4.69) is 10.3 Å². The Morgan fingerprint density at radius 2 is 2.64 bits per heavy atom. The van der Waals surface area contributed by atoms with Gasteiger partial charge >= 0.3 is 0 Å². The Labute approximate surface area is 71.3 Å². The Hall–Kier alpha value is -0.220. The third kappa shape index (κ3) is 3.12. The van der Waals surface area contributed by atoms with Crippen LogP contribution in [0.2, 0.25) is 0 Å². The Bertz CT molecular complexity index is 149. The fourth-order valence-corrected chi connectivity index (χ4v) is 1.74. The van der Waals surface area contributed by atoms with Crippen molar-refractivity contribution in [3.63, 3.8) is 0 Å². The fourth-order valence-electron chi connectivity index (χ4n) is 0.766. The maximum Gasteiger partial charge on any atom is 0.156 e. The van der Waals surface area contributed by atoms with Crippen molar-refractivity contribution in [1.82, 2.24) is 5.32 Å². The first-order chi connectivity index (χ1) is 5.33. The molecule has 0 aromatic carbocycles. The Morgan fingerprint density at radius 1 is 1.82 bits per heavy atom. The molecule has 0 saturated heterocycles. The lowest BCUT2D eigenvalue weighted by Gasteiger charge is -2.06. The van der Waals surface area contributed by atoms with E-state index in [1.807, 2.05) is 6.92 Å². The highest BCUT2D eigenvalue weighted by molar-refractivity contribution is 8.13. The van der Waals surface area contributed by atoms with E-state index in [-0.39, 0.29) is 6.10 Å². The molecular weight excluding hydrogens is 160 g/mol. The number of thioether (sulfide) groups is 1. The summed E-state index contributed by atoms with van der Waals surface area (Å²) in [6.45, 7) is 3.81. The highest BCUT2D eigenvalue weighted by Gasteiger charge is 2.07. The lowest BCUT2D eigenvalue weighted by atomic mass is 10.3. The Balaban J connectivity index is 2.11. The summed E-state index contributed by atoms with van der Waals surface area (Å²) in [6, 6.07) is 0. The van der Waals surface area contributed by atoms with Crippen LogP contribution in [-0.4, -0.2) is 35.2 Å². The van der Waals surface area contributed by atoms with Crippen LogP contribution in [0, 0.1) is 0 Å². The van der Waals surface area contributed by atoms with Crippen molar-refractivity contribution in [1.29, 1.82) is 0 Å². The van der Waals surface area contributed by atoms with Crippen LogP contribution in [-0.2, 0) is 0 Å². The molecular formula is C7H14N2OS. The Kier molecular flexibility index (Phi) is 3.72. The van der Waals surface area contributed by atoms with Crippen molar-refractivity contribution >= 4 is 16.9 Å². The maximum atomic E-state index is 9.21. The quantitative estimate of drug-likeness (QED) is 0.653. The van der Waals surface area contributed by atoms with E-state index in [0.29, 0.717) is 0 Å². The number of rotatable bonds is 3. The molecule has 1 heterocycles. The first kappa shape index (κ1) is 8.87. The molecule has 3 nitrogen and oxygen atoms in total. The first-order valence-corrected chi connectivity index (χ1v) is 4.90. The molecule has 1 rings (SSSR count). The van der Waals surface area contributed by atoms with Gasteiger partial charge in [0, 0.05) is 12.3 Å². The van der Waals surface area contributed by atoms with Gasteiger partial charge in [-0.05, 0) is 6.42 Å². The monoisotopic (exact) mass is 174 g/mol. The third-order valence-electron chi connectivity index (χ3n) is 1.53. The number of hydrogen-bond acceptors (Lipinski definition) is 4. The van der Waals surface area contributed by atoms with E-state index in [0.717, 1.165) is 30.4 Å². The lowest BCUT2D eigenvalue weighted by molar-refractivity contribution is 0.195. The molecule has 4 heteroatoms. The molecule has 0 radical (unpaired) electrons. The number of amidine groups is 1. The smallest absolute Gasteiger partial charge is 0.156 e. The van der Waals surface area contributed by atoms with Gasteiger partial charge in [-0.2, -0.15) is 0 Å². The zero-order valence-electron chi connectivity index (χ0n) is 6.71. The summed E-state index contributed by atoms with van der Waals surface area (Å²) in [5, 5.41) is 13.3. The van der Waals surface area contributed by atoms with Gasteiger partial charge in [0.05, 0.1) is 12.6 Å². The van der Waals surface area contributed by atoms with Crippen LogP contribution < -0.4 is 5.32 Å². The molecule has 1 atom stereocenters. The van der Waals surface area contributed by atoms with Gasteiger partial charge in [-0.3, -0.25) is 4.99 Å². The number of nitrogens with zero attached hydrogens (tertiary/aromatic N) is 1. The molecule has 1 aliphatic heterocycles. The minimum atomic E-state index is -0.190. The molecule has 64 valence electrons. The van der Waals surface area contributed by atoms with E-state index in [9.17, 15) is 5.11 Å². The summed E-state index contributed by atoms with van der Waals surface area (Å²) < 4.78 is 0. The average Bonchev–Trinajstić information content (AvgIpc) is 2.52. The summed E-state index contributed by atoms with van der Waals surface area (Å²) in [5.74, 6) is 0.752. The molecule has 1 aliphatic rings. The topological polar surface area (TPSA) is 44.6 Å². The first-order valence-electron chi connectivity index (χ1n) is 3.92. The van der Waals surface area contributed by atoms with Crippen LogP contribution in [0.25, 0.3) is 0 Å². The van der Waals surface area contributed by atoms with Crippen molar-refractivity contribution in [2.75, 3.05) is 18.8 Å². The minimum Gasteiger partial charge on any atom is -0.392 e. The summed E-state index contributed by atoms with van der Waals surface area (Å²) in [5.41, 5.74) is 0. The van der Waals surface area contributed by atoms with Gasteiger partial charge in [-0.1, -0.05) is 18.7 Å². The van der Waals surface area contributed by atoms with Crippen LogP contribution >= 0.6 is 11.8 Å². The SMILES string of the molecule is CCC(O)CSC1=NCCN1. The predicted molar refractivity (Wildman–Crippen MR) is 49.1 cm³/mol. The standard InChI is InChI=1S/C7H14N2OS/c1-2-6(10)5-11-7-8-3-4-9-7/h6,10H,2-5H2,1H3,(H,8,9). The van der Waals surface area contributed by atoms with E-state index in [1.54, 1.807) is 11.8 Å². The maximum absolute atomic E-state index is 9.21. The molecule has 0 bridgehead atoms. The fraction of sp³-hybridized carbons (Fsp3) is 0.857. The van der Waals surface area contributed by atoms with Crippen molar-refractivity contribution in [2.45, 2.75) is 19.4 Å². The molecule has 0 saturated carbocycles. The molecule has 0 spiro atoms. The number of hydrogen-bond donors (Lipinski definition) is 2. The van der Waals surface area contributed by atoms with Crippen LogP contribution in [0.1, 0.15) is 13.3 Å². The van der Waals surface area contributed by atoms with Gasteiger partial charge in [0.25, 0.3) is 0 Å². The van der Waals surface area contributed by atoms with Crippen LogP contribution in [0.15, 0.2) is 4.99 Å². The third-order valence-corrected chi connectivity index (χ3v) is 2.63. The van der Waals surface area contributed by atoms with Crippen molar-refractivity contribution in [3.8, 4) is 0 Å². The number of aliphatic hydroxyl groups excluding tert-OH is 1. The number of aliphatic hydroxyl groups is 1. The Morgan fingerprint density at radius 3 is 3.18 bits per heavy atom. The van der Waals surface area contributed by atoms with E-state index < -0.39 is 0 Å². The summed E-state index contributed by atoms with van der Waals surface area (Å²) in [7, 11) is 0. The normalized spacial score (nSPS) is 19.3. The molecule has 0 aliphatic carbocycles. The lowest BCUT2D eigenvalue weighted by Crippen LogP contribution is -2.18. The van der Waals surface area contributed by atoms with Gasteiger partial charge in [0.2, 0.25) is 0 Å². The highest BCUT2D eigenvalue weighted by Crippen LogP contribution is 2.08. The van der Waals surface area contributed by atoms with Gasteiger partial charge in [0.15, 0.2) is 5.17 Å². The molecule has 0 amide bonds. The number of aliphatic imine (C=N–C) groups is 1. The summed E-state index contributed by atoms with van der Waals surface area (Å²) in [4.78, 5) is 4.20. The van der Waals surface area contributed by atoms with Crippen LogP contribution in [0.4, 0.5) is 0 Å². The van der Waals surface area contributed by atoms with E-state index >= 15 is 0 Å². The zero-order valence-corrected chi connectivity index (χ0v) is 7.52. The molecule has 11 heavy (non-hydrogen) atoms. The predicted octanol–water partition coefficient (Wildman–Crippen LogP) is 0.450. The van der Waals surface area contributed by atoms with Crippen molar-refractivity contribution < 1.29 is 5.11 Å². The second kappa shape index (κ2) is 4.62. The zero-order chi connectivity index (χ0) is 8.10. The van der Waals surface area contributed by atoms with Crippen molar-refractivity contribution in [2.24, 2.45) is 4.99 Å². The minimum absolute atomic E-state index is 0.190. The van der Waals surface area contributed by atoms with Gasteiger partial charge in [-0.15, -0.1) is 0 Å². The van der Waals surface area contributed by atoms with E-state index in [1.165, 1.54) is 0 Å². The van der Waals surface area contributed by atoms with Gasteiger partial charge < -0.3 is 10.4 Å². The van der Waals surface area contributed by atoms with Gasteiger partial charge in [0.1, 0.15) is 0 Å². The van der Waals surface area contributed by atoms with Crippen LogP contribution in [0.5, 0.6) is 0 Å². The second-order valence-corrected chi connectivity index (χ2v) is 3.50. The second-order valence-electron chi connectivity index (χ2n) is 2.49. The molecule has 1 unspecified atom stereocenters. The summed E-state index contributed by atoms with van der Waals surface area (Å²) >= 11 is 1.61. The molecule has 0 aromatic rings. The molecule has 0 aromatic heterocycles. The number of nitrogens with one attached hydrogen (secondary N) is 1.